The number of rotatable bonds is 3. The van der Waals surface area contributed by atoms with E-state index in [2.05, 4.69) is 26.6 Å². The molecule has 0 aliphatic rings. The van der Waals surface area contributed by atoms with E-state index in [4.69, 9.17) is 4.74 Å². The lowest BCUT2D eigenvalue weighted by Gasteiger charge is -2.09. The number of ether oxygens (including phenoxy) is 1. The van der Waals surface area contributed by atoms with Gasteiger partial charge in [-0.25, -0.2) is 13.6 Å². The van der Waals surface area contributed by atoms with Gasteiger partial charge < -0.3 is 15.4 Å². The highest BCUT2D eigenvalue weighted by molar-refractivity contribution is 9.10. The van der Waals surface area contributed by atoms with Gasteiger partial charge >= 0.3 is 6.03 Å². The lowest BCUT2D eigenvalue weighted by Crippen LogP contribution is -2.20. The third-order valence-electron chi connectivity index (χ3n) is 2.61. The van der Waals surface area contributed by atoms with Crippen LogP contribution in [0.2, 0.25) is 0 Å². The Kier molecular flexibility index (Phi) is 4.74. The van der Waals surface area contributed by atoms with Crippen LogP contribution < -0.4 is 15.4 Å². The molecule has 2 rings (SSSR count). The molecule has 21 heavy (non-hydrogen) atoms. The van der Waals surface area contributed by atoms with E-state index in [1.54, 1.807) is 24.3 Å². The van der Waals surface area contributed by atoms with Crippen molar-refractivity contribution in [2.45, 2.75) is 0 Å². The second-order valence-electron chi connectivity index (χ2n) is 4.05. The number of anilines is 2. The van der Waals surface area contributed by atoms with E-state index in [0.717, 1.165) is 12.1 Å². The second kappa shape index (κ2) is 6.53. The number of benzene rings is 2. The molecule has 0 aliphatic carbocycles. The molecule has 0 fully saturated rings. The van der Waals surface area contributed by atoms with Gasteiger partial charge in [0.15, 0.2) is 0 Å². The molecule has 0 unspecified atom stereocenters. The SMILES string of the molecule is COc1ccc(NC(=O)Nc2cc(F)c(Br)cc2F)cc1. The Balaban J connectivity index is 2.06. The molecule has 0 aromatic heterocycles. The smallest absolute Gasteiger partial charge is 0.323 e. The van der Waals surface area contributed by atoms with Crippen molar-refractivity contribution in [2.75, 3.05) is 17.7 Å². The van der Waals surface area contributed by atoms with Crippen molar-refractivity contribution in [3.8, 4) is 5.75 Å². The number of carbonyl (C=O) groups is 1. The Bertz CT molecular complexity index is 663. The Labute approximate surface area is 128 Å². The maximum atomic E-state index is 13.6. The van der Waals surface area contributed by atoms with E-state index in [-0.39, 0.29) is 10.2 Å². The minimum atomic E-state index is -0.742. The summed E-state index contributed by atoms with van der Waals surface area (Å²) >= 11 is 2.86. The van der Waals surface area contributed by atoms with Crippen LogP contribution in [0.25, 0.3) is 0 Å². The molecule has 4 nitrogen and oxygen atoms in total. The maximum absolute atomic E-state index is 13.6. The van der Waals surface area contributed by atoms with Crippen LogP contribution in [0, 0.1) is 11.6 Å². The minimum Gasteiger partial charge on any atom is -0.497 e. The van der Waals surface area contributed by atoms with Gasteiger partial charge in [0, 0.05) is 11.8 Å². The Morgan fingerprint density at radius 2 is 1.76 bits per heavy atom. The molecule has 0 aliphatic heterocycles. The van der Waals surface area contributed by atoms with Gasteiger partial charge in [0.2, 0.25) is 0 Å². The number of halogens is 3. The molecule has 110 valence electrons. The first kappa shape index (κ1) is 15.2. The lowest BCUT2D eigenvalue weighted by molar-refractivity contribution is 0.262. The Morgan fingerprint density at radius 3 is 2.38 bits per heavy atom. The number of nitrogens with one attached hydrogen (secondary N) is 2. The average molecular weight is 357 g/mol. The first-order valence-corrected chi connectivity index (χ1v) is 6.65. The number of urea groups is 1. The normalized spacial score (nSPS) is 10.1. The zero-order chi connectivity index (χ0) is 15.4. The van der Waals surface area contributed by atoms with Crippen molar-refractivity contribution in [1.29, 1.82) is 0 Å². The van der Waals surface area contributed by atoms with Crippen LogP contribution in [0.3, 0.4) is 0 Å². The third-order valence-corrected chi connectivity index (χ3v) is 3.21. The first-order valence-electron chi connectivity index (χ1n) is 5.86. The molecular formula is C14H11BrF2N2O2. The number of hydrogen-bond donors (Lipinski definition) is 2. The minimum absolute atomic E-state index is 0.0129. The van der Waals surface area contributed by atoms with Gasteiger partial charge in [-0.1, -0.05) is 0 Å². The highest BCUT2D eigenvalue weighted by atomic mass is 79.9. The van der Waals surface area contributed by atoms with Crippen molar-refractivity contribution in [3.05, 3.63) is 52.5 Å². The standard InChI is InChI=1S/C14H11BrF2N2O2/c1-21-9-4-2-8(3-5-9)18-14(20)19-13-7-11(16)10(15)6-12(13)17/h2-7H,1H3,(H2,18,19,20). The van der Waals surface area contributed by atoms with E-state index in [1.807, 2.05) is 0 Å². The van der Waals surface area contributed by atoms with Crippen LogP contribution in [-0.4, -0.2) is 13.1 Å². The summed E-state index contributed by atoms with van der Waals surface area (Å²) in [5.41, 5.74) is 0.244. The van der Waals surface area contributed by atoms with Crippen LogP contribution in [0.4, 0.5) is 25.0 Å². The van der Waals surface area contributed by atoms with E-state index in [1.165, 1.54) is 7.11 Å². The molecule has 2 aromatic carbocycles. The van der Waals surface area contributed by atoms with E-state index in [9.17, 15) is 13.6 Å². The number of hydrogen-bond acceptors (Lipinski definition) is 2. The third kappa shape index (κ3) is 3.91. The summed E-state index contributed by atoms with van der Waals surface area (Å²) in [6.07, 6.45) is 0. The summed E-state index contributed by atoms with van der Waals surface area (Å²) in [6.45, 7) is 0. The van der Waals surface area contributed by atoms with Gasteiger partial charge in [0.1, 0.15) is 17.4 Å². The zero-order valence-corrected chi connectivity index (χ0v) is 12.5. The van der Waals surface area contributed by atoms with Crippen molar-refractivity contribution >= 4 is 33.3 Å². The molecular weight excluding hydrogens is 346 g/mol. The molecule has 7 heteroatoms. The highest BCUT2D eigenvalue weighted by Gasteiger charge is 2.11. The van der Waals surface area contributed by atoms with E-state index < -0.39 is 17.7 Å². The summed E-state index contributed by atoms with van der Waals surface area (Å²) in [6, 6.07) is 7.73. The summed E-state index contributed by atoms with van der Waals surface area (Å²) in [4.78, 5) is 11.7. The fraction of sp³-hybridized carbons (Fsp3) is 0.0714. The molecule has 0 saturated carbocycles. The summed E-state index contributed by atoms with van der Waals surface area (Å²) in [7, 11) is 1.53. The number of amides is 2. The van der Waals surface area contributed by atoms with Crippen LogP contribution in [-0.2, 0) is 0 Å². The molecule has 0 spiro atoms. The monoisotopic (exact) mass is 356 g/mol. The topological polar surface area (TPSA) is 50.4 Å². The zero-order valence-electron chi connectivity index (χ0n) is 10.9. The molecule has 0 bridgehead atoms. The molecule has 0 radical (unpaired) electrons. The highest BCUT2D eigenvalue weighted by Crippen LogP contribution is 2.23. The van der Waals surface area contributed by atoms with Crippen LogP contribution in [0.1, 0.15) is 0 Å². The second-order valence-corrected chi connectivity index (χ2v) is 4.91. The summed E-state index contributed by atoms with van der Waals surface area (Å²) in [5, 5.41) is 4.73. The lowest BCUT2D eigenvalue weighted by atomic mass is 10.3. The van der Waals surface area contributed by atoms with Crippen LogP contribution in [0.15, 0.2) is 40.9 Å². The van der Waals surface area contributed by atoms with Crippen molar-refractivity contribution in [2.24, 2.45) is 0 Å². The largest absolute Gasteiger partial charge is 0.497 e. The van der Waals surface area contributed by atoms with E-state index in [0.29, 0.717) is 11.4 Å². The van der Waals surface area contributed by atoms with Crippen LogP contribution in [0.5, 0.6) is 5.75 Å². The van der Waals surface area contributed by atoms with Crippen molar-refractivity contribution < 1.29 is 18.3 Å². The summed E-state index contributed by atoms with van der Waals surface area (Å²) in [5.74, 6) is -0.772. The van der Waals surface area contributed by atoms with Gasteiger partial charge in [-0.05, 0) is 46.3 Å². The molecule has 0 saturated heterocycles. The molecule has 2 amide bonds. The van der Waals surface area contributed by atoms with Gasteiger partial charge in [-0.15, -0.1) is 0 Å². The van der Waals surface area contributed by atoms with E-state index >= 15 is 0 Å². The fourth-order valence-electron chi connectivity index (χ4n) is 1.58. The predicted molar refractivity (Wildman–Crippen MR) is 79.7 cm³/mol. The number of carbonyl (C=O) groups excluding carboxylic acids is 1. The van der Waals surface area contributed by atoms with Gasteiger partial charge in [0.25, 0.3) is 0 Å². The van der Waals surface area contributed by atoms with Gasteiger partial charge in [0.05, 0.1) is 17.3 Å². The predicted octanol–water partition coefficient (Wildman–Crippen LogP) is 4.38. The Hall–Kier alpha value is -2.15. The maximum Gasteiger partial charge on any atom is 0.323 e. The van der Waals surface area contributed by atoms with Crippen molar-refractivity contribution in [1.82, 2.24) is 0 Å². The van der Waals surface area contributed by atoms with Gasteiger partial charge in [-0.2, -0.15) is 0 Å². The molecule has 2 aromatic rings. The van der Waals surface area contributed by atoms with Crippen LogP contribution >= 0.6 is 15.9 Å². The fourth-order valence-corrected chi connectivity index (χ4v) is 1.89. The molecule has 0 heterocycles. The first-order chi connectivity index (χ1) is 9.99. The number of methoxy groups -OCH3 is 1. The summed E-state index contributed by atoms with van der Waals surface area (Å²) < 4.78 is 31.9. The molecule has 2 N–H and O–H groups in total. The molecule has 0 atom stereocenters. The Morgan fingerprint density at radius 1 is 1.10 bits per heavy atom. The quantitative estimate of drug-likeness (QED) is 0.801. The van der Waals surface area contributed by atoms with Gasteiger partial charge in [-0.3, -0.25) is 0 Å². The average Bonchev–Trinajstić information content (AvgIpc) is 2.45. The van der Waals surface area contributed by atoms with Crippen molar-refractivity contribution in [3.63, 3.8) is 0 Å².